The smallest absolute Gasteiger partial charge is 0.212 e. The van der Waals surface area contributed by atoms with Gasteiger partial charge in [0.1, 0.15) is 6.54 Å². The maximum absolute atomic E-state index is 10.6. The molecule has 1 aromatic rings. The SMILES string of the molecule is C[N+](C)(C)CCOC1(O)CNc2ccc(I)cc21. The van der Waals surface area contributed by atoms with E-state index in [1.807, 2.05) is 18.2 Å². The van der Waals surface area contributed by atoms with Crippen molar-refractivity contribution >= 4 is 28.3 Å². The van der Waals surface area contributed by atoms with Gasteiger partial charge in [-0.05, 0) is 40.8 Å². The zero-order valence-electron chi connectivity index (χ0n) is 11.0. The van der Waals surface area contributed by atoms with E-state index < -0.39 is 5.79 Å². The molecule has 0 amide bonds. The van der Waals surface area contributed by atoms with Crippen molar-refractivity contribution in [3.05, 3.63) is 27.3 Å². The molecule has 4 nitrogen and oxygen atoms in total. The first kappa shape index (κ1) is 14.0. The quantitative estimate of drug-likeness (QED) is 0.485. The lowest BCUT2D eigenvalue weighted by atomic mass is 10.1. The molecule has 1 aliphatic heterocycles. The van der Waals surface area contributed by atoms with E-state index in [9.17, 15) is 5.11 Å². The molecule has 5 heteroatoms. The number of fused-ring (bicyclic) bond motifs is 1. The van der Waals surface area contributed by atoms with Gasteiger partial charge in [-0.3, -0.25) is 0 Å². The van der Waals surface area contributed by atoms with Crippen LogP contribution in [0.3, 0.4) is 0 Å². The van der Waals surface area contributed by atoms with Gasteiger partial charge in [-0.2, -0.15) is 0 Å². The van der Waals surface area contributed by atoms with E-state index in [1.54, 1.807) is 0 Å². The third-order valence-corrected chi connectivity index (χ3v) is 3.69. The van der Waals surface area contributed by atoms with Crippen LogP contribution in [0.1, 0.15) is 5.56 Å². The molecule has 0 bridgehead atoms. The van der Waals surface area contributed by atoms with Crippen molar-refractivity contribution in [2.24, 2.45) is 0 Å². The highest BCUT2D eigenvalue weighted by Crippen LogP contribution is 2.36. The Morgan fingerprint density at radius 3 is 2.83 bits per heavy atom. The number of anilines is 1. The Morgan fingerprint density at radius 1 is 1.44 bits per heavy atom. The lowest BCUT2D eigenvalue weighted by Gasteiger charge is -2.28. The van der Waals surface area contributed by atoms with E-state index in [0.717, 1.165) is 25.8 Å². The monoisotopic (exact) mass is 363 g/mol. The Labute approximate surface area is 122 Å². The molecule has 0 aliphatic carbocycles. The fourth-order valence-electron chi connectivity index (χ4n) is 1.92. The Balaban J connectivity index is 2.08. The summed E-state index contributed by atoms with van der Waals surface area (Å²) in [4.78, 5) is 0. The first-order valence-electron chi connectivity index (χ1n) is 6.01. The number of rotatable bonds is 4. The molecule has 0 radical (unpaired) electrons. The molecule has 18 heavy (non-hydrogen) atoms. The molecule has 0 fully saturated rings. The van der Waals surface area contributed by atoms with Crippen LogP contribution in [0.25, 0.3) is 0 Å². The second-order valence-electron chi connectivity index (χ2n) is 5.69. The number of benzene rings is 1. The topological polar surface area (TPSA) is 41.5 Å². The standard InChI is InChI=1S/C13H20IN2O2/c1-16(2,3)6-7-18-13(17)9-15-12-5-4-10(14)8-11(12)13/h4-5,8,15,17H,6-7,9H2,1-3H3/q+1. The maximum atomic E-state index is 10.6. The van der Waals surface area contributed by atoms with Crippen LogP contribution >= 0.6 is 22.6 Å². The van der Waals surface area contributed by atoms with E-state index in [4.69, 9.17) is 4.74 Å². The molecule has 1 aromatic carbocycles. The number of nitrogens with one attached hydrogen (secondary N) is 1. The molecule has 2 rings (SSSR count). The van der Waals surface area contributed by atoms with Gasteiger partial charge in [0.2, 0.25) is 5.79 Å². The summed E-state index contributed by atoms with van der Waals surface area (Å²) in [5, 5.41) is 13.8. The van der Waals surface area contributed by atoms with Crippen molar-refractivity contribution in [2.75, 3.05) is 46.2 Å². The molecule has 1 aliphatic rings. The third kappa shape index (κ3) is 3.14. The zero-order valence-corrected chi connectivity index (χ0v) is 13.2. The van der Waals surface area contributed by atoms with Gasteiger partial charge in [-0.15, -0.1) is 0 Å². The zero-order chi connectivity index (χ0) is 13.4. The summed E-state index contributed by atoms with van der Waals surface area (Å²) in [6.45, 7) is 1.81. The summed E-state index contributed by atoms with van der Waals surface area (Å²) in [7, 11) is 6.32. The first-order chi connectivity index (χ1) is 8.30. The van der Waals surface area contributed by atoms with Gasteiger partial charge in [-0.1, -0.05) is 0 Å². The number of hydrogen-bond acceptors (Lipinski definition) is 3. The molecule has 0 saturated heterocycles. The highest BCUT2D eigenvalue weighted by atomic mass is 127. The number of ether oxygens (including phenoxy) is 1. The largest absolute Gasteiger partial charge is 0.379 e. The highest BCUT2D eigenvalue weighted by molar-refractivity contribution is 14.1. The fourth-order valence-corrected chi connectivity index (χ4v) is 2.41. The molecule has 0 aromatic heterocycles. The summed E-state index contributed by atoms with van der Waals surface area (Å²) < 4.78 is 7.64. The molecule has 1 heterocycles. The fraction of sp³-hybridized carbons (Fsp3) is 0.538. The lowest BCUT2D eigenvalue weighted by Crippen LogP contribution is -2.41. The molecule has 2 N–H and O–H groups in total. The lowest BCUT2D eigenvalue weighted by molar-refractivity contribution is -0.871. The average molecular weight is 363 g/mol. The minimum absolute atomic E-state index is 0.416. The summed E-state index contributed by atoms with van der Waals surface area (Å²) >= 11 is 2.24. The van der Waals surface area contributed by atoms with E-state index in [0.29, 0.717) is 13.2 Å². The van der Waals surface area contributed by atoms with Crippen molar-refractivity contribution < 1.29 is 14.3 Å². The van der Waals surface area contributed by atoms with Gasteiger partial charge >= 0.3 is 0 Å². The Morgan fingerprint density at radius 2 is 2.17 bits per heavy atom. The van der Waals surface area contributed by atoms with E-state index >= 15 is 0 Å². The van der Waals surface area contributed by atoms with Crippen molar-refractivity contribution in [3.63, 3.8) is 0 Å². The predicted octanol–water partition coefficient (Wildman–Crippen LogP) is 1.58. The number of likely N-dealkylation sites (N-methyl/N-ethyl adjacent to an activating group) is 1. The van der Waals surface area contributed by atoms with Crippen LogP contribution in [0.4, 0.5) is 5.69 Å². The van der Waals surface area contributed by atoms with Crippen molar-refractivity contribution in [1.82, 2.24) is 0 Å². The summed E-state index contributed by atoms with van der Waals surface area (Å²) in [6.07, 6.45) is 0. The van der Waals surface area contributed by atoms with Gasteiger partial charge in [0.25, 0.3) is 0 Å². The number of quaternary nitrogens is 1. The molecular weight excluding hydrogens is 343 g/mol. The Kier molecular flexibility index (Phi) is 3.87. The van der Waals surface area contributed by atoms with Gasteiger partial charge < -0.3 is 19.6 Å². The minimum Gasteiger partial charge on any atom is -0.379 e. The van der Waals surface area contributed by atoms with Crippen LogP contribution < -0.4 is 5.32 Å². The van der Waals surface area contributed by atoms with Gasteiger partial charge in [0.15, 0.2) is 0 Å². The van der Waals surface area contributed by atoms with E-state index in [1.165, 1.54) is 0 Å². The third-order valence-electron chi connectivity index (χ3n) is 3.02. The summed E-state index contributed by atoms with van der Waals surface area (Å²) in [5.41, 5.74) is 1.80. The Hall–Kier alpha value is -0.370. The number of aliphatic hydroxyl groups is 1. The molecule has 100 valence electrons. The highest BCUT2D eigenvalue weighted by Gasteiger charge is 2.38. The van der Waals surface area contributed by atoms with Crippen molar-refractivity contribution in [3.8, 4) is 0 Å². The Bertz CT molecular complexity index is 445. The number of halogens is 1. The van der Waals surface area contributed by atoms with Crippen LogP contribution in [-0.4, -0.2) is 50.4 Å². The molecule has 0 spiro atoms. The van der Waals surface area contributed by atoms with Crippen LogP contribution in [0.15, 0.2) is 18.2 Å². The maximum Gasteiger partial charge on any atom is 0.212 e. The van der Waals surface area contributed by atoms with E-state index in [2.05, 4.69) is 49.1 Å². The second kappa shape index (κ2) is 4.96. The van der Waals surface area contributed by atoms with Gasteiger partial charge in [-0.25, -0.2) is 0 Å². The van der Waals surface area contributed by atoms with Crippen LogP contribution in [0.5, 0.6) is 0 Å². The summed E-state index contributed by atoms with van der Waals surface area (Å²) in [6, 6.07) is 5.98. The minimum atomic E-state index is -1.19. The van der Waals surface area contributed by atoms with E-state index in [-0.39, 0.29) is 0 Å². The molecule has 0 saturated carbocycles. The summed E-state index contributed by atoms with van der Waals surface area (Å²) in [5.74, 6) is -1.19. The van der Waals surface area contributed by atoms with Crippen molar-refractivity contribution in [1.29, 1.82) is 0 Å². The van der Waals surface area contributed by atoms with Crippen LogP contribution in [0.2, 0.25) is 0 Å². The van der Waals surface area contributed by atoms with Gasteiger partial charge in [0, 0.05) is 14.8 Å². The predicted molar refractivity (Wildman–Crippen MR) is 80.4 cm³/mol. The number of β-amino-alcohol motifs (C(OH)–C–C–N with tert-alkyl or cyclic N) is 1. The first-order valence-corrected chi connectivity index (χ1v) is 7.09. The van der Waals surface area contributed by atoms with Crippen molar-refractivity contribution in [2.45, 2.75) is 5.79 Å². The normalized spacial score (nSPS) is 22.7. The van der Waals surface area contributed by atoms with Crippen LogP contribution in [0, 0.1) is 3.57 Å². The van der Waals surface area contributed by atoms with Gasteiger partial charge in [0.05, 0.1) is 34.3 Å². The number of nitrogens with zero attached hydrogens (tertiary/aromatic N) is 1. The molecule has 1 atom stereocenters. The average Bonchev–Trinajstić information content (AvgIpc) is 2.55. The van der Waals surface area contributed by atoms with Crippen LogP contribution in [-0.2, 0) is 10.5 Å². The number of hydrogen-bond donors (Lipinski definition) is 2. The molecular formula is C13H20IN2O2+. The molecule has 1 unspecified atom stereocenters. The second-order valence-corrected chi connectivity index (χ2v) is 6.94.